The Bertz CT molecular complexity index is 1020. The molecule has 2 saturated heterocycles. The van der Waals surface area contributed by atoms with Gasteiger partial charge < -0.3 is 9.64 Å². The molecule has 2 fully saturated rings. The summed E-state index contributed by atoms with van der Waals surface area (Å²) in [7, 11) is -3.08. The molecule has 2 heterocycles. The minimum Gasteiger partial charge on any atom is -0.484 e. The molecule has 28 heavy (non-hydrogen) atoms. The maximum absolute atomic E-state index is 12.4. The van der Waals surface area contributed by atoms with Crippen LogP contribution in [0.1, 0.15) is 5.56 Å². The number of aliphatic imine (C=N–C) groups is 1. The molecule has 146 valence electrons. The van der Waals surface area contributed by atoms with Gasteiger partial charge in [0.15, 0.2) is 21.6 Å². The van der Waals surface area contributed by atoms with E-state index < -0.39 is 15.7 Å². The Morgan fingerprint density at radius 3 is 2.61 bits per heavy atom. The first kappa shape index (κ1) is 19.0. The summed E-state index contributed by atoms with van der Waals surface area (Å²) in [6.45, 7) is 1.80. The number of sulfone groups is 1. The Labute approximate surface area is 168 Å². The fourth-order valence-electron chi connectivity index (χ4n) is 3.48. The van der Waals surface area contributed by atoms with E-state index in [1.807, 2.05) is 54.3 Å². The molecule has 6 nitrogen and oxygen atoms in total. The first-order chi connectivity index (χ1) is 13.4. The summed E-state index contributed by atoms with van der Waals surface area (Å²) in [6, 6.07) is 16.6. The molecule has 0 spiro atoms. The Kier molecular flexibility index (Phi) is 5.16. The zero-order valence-electron chi connectivity index (χ0n) is 15.3. The average molecular weight is 417 g/mol. The number of amides is 1. The number of aryl methyl sites for hydroxylation is 1. The minimum atomic E-state index is -3.08. The average Bonchev–Trinajstić information content (AvgIpc) is 3.12. The number of nitrogens with zero attached hydrogens (tertiary/aromatic N) is 2. The molecular weight excluding hydrogens is 396 g/mol. The number of fused-ring (bicyclic) bond motifs is 1. The summed E-state index contributed by atoms with van der Waals surface area (Å²) in [6.07, 6.45) is 0. The molecule has 4 rings (SSSR count). The van der Waals surface area contributed by atoms with Gasteiger partial charge in [-0.2, -0.15) is 4.99 Å². The van der Waals surface area contributed by atoms with E-state index >= 15 is 0 Å². The van der Waals surface area contributed by atoms with Crippen LogP contribution in [0.5, 0.6) is 5.75 Å². The third-order valence-electron chi connectivity index (χ3n) is 4.77. The van der Waals surface area contributed by atoms with E-state index in [1.165, 1.54) is 11.8 Å². The van der Waals surface area contributed by atoms with Gasteiger partial charge in [0.1, 0.15) is 5.75 Å². The van der Waals surface area contributed by atoms with E-state index in [4.69, 9.17) is 4.74 Å². The van der Waals surface area contributed by atoms with Gasteiger partial charge in [-0.25, -0.2) is 8.42 Å². The molecule has 0 aromatic heterocycles. The lowest BCUT2D eigenvalue weighted by Gasteiger charge is -2.26. The van der Waals surface area contributed by atoms with Crippen LogP contribution in [-0.4, -0.2) is 48.9 Å². The van der Waals surface area contributed by atoms with E-state index in [-0.39, 0.29) is 29.4 Å². The molecule has 0 saturated carbocycles. The van der Waals surface area contributed by atoms with Crippen LogP contribution in [0.2, 0.25) is 0 Å². The van der Waals surface area contributed by atoms with Gasteiger partial charge in [-0.15, -0.1) is 0 Å². The molecule has 0 N–H and O–H groups in total. The largest absolute Gasteiger partial charge is 0.484 e. The maximum atomic E-state index is 12.4. The van der Waals surface area contributed by atoms with Crippen molar-refractivity contribution in [2.24, 2.45) is 4.99 Å². The summed E-state index contributed by atoms with van der Waals surface area (Å²) >= 11 is 1.37. The maximum Gasteiger partial charge on any atom is 0.285 e. The molecule has 0 aliphatic carbocycles. The zero-order valence-corrected chi connectivity index (χ0v) is 16.9. The summed E-state index contributed by atoms with van der Waals surface area (Å²) in [4.78, 5) is 18.6. The highest BCUT2D eigenvalue weighted by Gasteiger charge is 2.49. The predicted molar refractivity (Wildman–Crippen MR) is 112 cm³/mol. The van der Waals surface area contributed by atoms with Crippen LogP contribution in [0.3, 0.4) is 0 Å². The van der Waals surface area contributed by atoms with Crippen molar-refractivity contribution in [3.05, 3.63) is 60.2 Å². The van der Waals surface area contributed by atoms with Crippen molar-refractivity contribution >= 4 is 38.4 Å². The quantitative estimate of drug-likeness (QED) is 0.763. The SMILES string of the molecule is Cc1ccccc1N1C(=NC(=O)COc2ccccc2)S[C@@H]2CS(=O)(=O)C[C@H]21. The van der Waals surface area contributed by atoms with Crippen molar-refractivity contribution in [1.29, 1.82) is 0 Å². The van der Waals surface area contributed by atoms with Crippen LogP contribution >= 0.6 is 11.8 Å². The van der Waals surface area contributed by atoms with E-state index in [0.29, 0.717) is 10.9 Å². The lowest BCUT2D eigenvalue weighted by molar-refractivity contribution is -0.119. The molecule has 0 bridgehead atoms. The van der Waals surface area contributed by atoms with E-state index in [1.54, 1.807) is 12.1 Å². The number of ether oxygens (including phenoxy) is 1. The molecule has 2 aliphatic rings. The molecule has 0 radical (unpaired) electrons. The van der Waals surface area contributed by atoms with Gasteiger partial charge in [-0.05, 0) is 30.7 Å². The fourth-order valence-corrected chi connectivity index (χ4v) is 7.40. The first-order valence-electron chi connectivity index (χ1n) is 8.94. The second-order valence-electron chi connectivity index (χ2n) is 6.85. The van der Waals surface area contributed by atoms with Gasteiger partial charge in [-0.1, -0.05) is 48.2 Å². The number of carbonyl (C=O) groups excluding carboxylic acids is 1. The molecule has 2 aromatic rings. The van der Waals surface area contributed by atoms with Gasteiger partial charge in [0.05, 0.1) is 17.5 Å². The van der Waals surface area contributed by atoms with Crippen LogP contribution in [0, 0.1) is 6.92 Å². The topological polar surface area (TPSA) is 76.0 Å². The number of thioether (sulfide) groups is 1. The third kappa shape index (κ3) is 3.93. The van der Waals surface area contributed by atoms with Crippen LogP contribution in [0.25, 0.3) is 0 Å². The summed E-state index contributed by atoms with van der Waals surface area (Å²) < 4.78 is 29.7. The number of carbonyl (C=O) groups is 1. The third-order valence-corrected chi connectivity index (χ3v) is 7.98. The Morgan fingerprint density at radius 2 is 1.86 bits per heavy atom. The molecular formula is C20H20N2O4S2. The van der Waals surface area contributed by atoms with Crippen molar-refractivity contribution in [3.63, 3.8) is 0 Å². The van der Waals surface area contributed by atoms with Gasteiger partial charge in [0.2, 0.25) is 0 Å². The lowest BCUT2D eigenvalue weighted by atomic mass is 10.1. The van der Waals surface area contributed by atoms with Gasteiger partial charge >= 0.3 is 0 Å². The van der Waals surface area contributed by atoms with Gasteiger partial charge in [0.25, 0.3) is 5.91 Å². The summed E-state index contributed by atoms with van der Waals surface area (Å²) in [5.41, 5.74) is 1.89. The highest BCUT2D eigenvalue weighted by Crippen LogP contribution is 2.41. The fraction of sp³-hybridized carbons (Fsp3) is 0.300. The van der Waals surface area contributed by atoms with Gasteiger partial charge in [-0.3, -0.25) is 4.79 Å². The summed E-state index contributed by atoms with van der Waals surface area (Å²) in [5, 5.41) is 0.423. The van der Waals surface area contributed by atoms with Crippen LogP contribution in [0.4, 0.5) is 5.69 Å². The Morgan fingerprint density at radius 1 is 1.14 bits per heavy atom. The van der Waals surface area contributed by atoms with E-state index in [9.17, 15) is 13.2 Å². The number of para-hydroxylation sites is 2. The van der Waals surface area contributed by atoms with Crippen molar-refractivity contribution in [1.82, 2.24) is 0 Å². The van der Waals surface area contributed by atoms with Crippen molar-refractivity contribution in [3.8, 4) is 5.75 Å². The van der Waals surface area contributed by atoms with Crippen molar-refractivity contribution < 1.29 is 17.9 Å². The minimum absolute atomic E-state index is 0.0761. The Balaban J connectivity index is 1.59. The van der Waals surface area contributed by atoms with Crippen LogP contribution in [0.15, 0.2) is 59.6 Å². The number of anilines is 1. The molecule has 1 amide bonds. The van der Waals surface area contributed by atoms with Crippen LogP contribution in [-0.2, 0) is 14.6 Å². The number of amidine groups is 1. The number of hydrogen-bond donors (Lipinski definition) is 0. The molecule has 0 unspecified atom stereocenters. The molecule has 2 aromatic carbocycles. The number of hydrogen-bond acceptors (Lipinski definition) is 5. The van der Waals surface area contributed by atoms with E-state index in [0.717, 1.165) is 11.3 Å². The van der Waals surface area contributed by atoms with Crippen molar-refractivity contribution in [2.45, 2.75) is 18.2 Å². The molecule has 8 heteroatoms. The van der Waals surface area contributed by atoms with E-state index in [2.05, 4.69) is 4.99 Å². The number of benzene rings is 2. The second-order valence-corrected chi connectivity index (χ2v) is 10.2. The zero-order chi connectivity index (χ0) is 19.7. The monoisotopic (exact) mass is 416 g/mol. The normalized spacial score (nSPS) is 24.3. The molecule has 2 atom stereocenters. The van der Waals surface area contributed by atoms with Crippen LogP contribution < -0.4 is 9.64 Å². The van der Waals surface area contributed by atoms with Crippen molar-refractivity contribution in [2.75, 3.05) is 23.0 Å². The highest BCUT2D eigenvalue weighted by molar-refractivity contribution is 8.16. The highest BCUT2D eigenvalue weighted by atomic mass is 32.2. The lowest BCUT2D eigenvalue weighted by Crippen LogP contribution is -2.38. The standard InChI is InChI=1S/C20H20N2O4S2/c1-14-7-5-6-10-16(14)22-17-12-28(24,25)13-18(17)27-20(22)21-19(23)11-26-15-8-3-2-4-9-15/h2-10,17-18H,11-13H2,1H3/t17-,18-/m1/s1. The summed E-state index contributed by atoms with van der Waals surface area (Å²) in [5.74, 6) is 0.396. The first-order valence-corrected chi connectivity index (χ1v) is 11.6. The number of rotatable bonds is 4. The smallest absolute Gasteiger partial charge is 0.285 e. The molecule has 2 aliphatic heterocycles. The Hall–Kier alpha value is -2.32. The predicted octanol–water partition coefficient (Wildman–Crippen LogP) is 2.68. The second kappa shape index (κ2) is 7.60. The van der Waals surface area contributed by atoms with Gasteiger partial charge in [0, 0.05) is 10.9 Å².